The van der Waals surface area contributed by atoms with Crippen LogP contribution in [0, 0.1) is 0 Å². The number of carboxylic acid groups (broad SMARTS) is 1. The van der Waals surface area contributed by atoms with Gasteiger partial charge in [-0.15, -0.1) is 0 Å². The quantitative estimate of drug-likeness (QED) is 0.712. The van der Waals surface area contributed by atoms with Crippen molar-refractivity contribution in [1.29, 1.82) is 0 Å². The highest BCUT2D eigenvalue weighted by Gasteiger charge is 2.13. The maximum absolute atomic E-state index is 11.1. The Labute approximate surface area is 68.4 Å². The summed E-state index contributed by atoms with van der Waals surface area (Å²) >= 11 is 0. The molecule has 0 radical (unpaired) electrons. The van der Waals surface area contributed by atoms with E-state index in [1.807, 2.05) is 0 Å². The molecule has 0 aliphatic carbocycles. The molecule has 0 aliphatic heterocycles. The summed E-state index contributed by atoms with van der Waals surface area (Å²) < 4.78 is 4.69. The Morgan fingerprint density at radius 3 is 2.75 bits per heavy atom. The number of aromatic carboxylic acids is 1. The second kappa shape index (κ2) is 3.21. The van der Waals surface area contributed by atoms with Crippen LogP contribution in [0.4, 0.5) is 0 Å². The third-order valence-electron chi connectivity index (χ3n) is 1.52. The van der Waals surface area contributed by atoms with Crippen LogP contribution in [0.5, 0.6) is 0 Å². The normalized spacial score (nSPS) is 9.75. The number of carbonyl (C=O) groups is 1. The van der Waals surface area contributed by atoms with Crippen molar-refractivity contribution in [2.45, 2.75) is 13.3 Å². The Kier molecular flexibility index (Phi) is 2.28. The van der Waals surface area contributed by atoms with Crippen molar-refractivity contribution in [2.75, 3.05) is 0 Å². The molecular weight excluding hydrogens is 160 g/mol. The molecule has 12 heavy (non-hydrogen) atoms. The van der Waals surface area contributed by atoms with Crippen molar-refractivity contribution in [3.63, 3.8) is 0 Å². The Morgan fingerprint density at radius 2 is 2.33 bits per heavy atom. The second-order valence-electron chi connectivity index (χ2n) is 2.25. The molecular formula is C8H8O4. The molecule has 0 saturated carbocycles. The molecule has 1 N–H and O–H groups in total. The predicted molar refractivity (Wildman–Crippen MR) is 41.3 cm³/mol. The summed E-state index contributed by atoms with van der Waals surface area (Å²) in [6, 6.07) is 1.21. The molecule has 0 bridgehead atoms. The van der Waals surface area contributed by atoms with Crippen LogP contribution in [0.25, 0.3) is 0 Å². The van der Waals surface area contributed by atoms with Crippen molar-refractivity contribution in [1.82, 2.24) is 0 Å². The van der Waals surface area contributed by atoms with Gasteiger partial charge in [-0.3, -0.25) is 4.79 Å². The minimum atomic E-state index is -1.20. The lowest BCUT2D eigenvalue weighted by Gasteiger charge is -1.98. The Hall–Kier alpha value is -1.58. The Balaban J connectivity index is 3.38. The molecule has 64 valence electrons. The average Bonchev–Trinajstić information content (AvgIpc) is 2.03. The van der Waals surface area contributed by atoms with E-state index in [0.29, 0.717) is 6.42 Å². The van der Waals surface area contributed by atoms with Gasteiger partial charge in [-0.1, -0.05) is 6.92 Å². The first-order valence-electron chi connectivity index (χ1n) is 3.50. The summed E-state index contributed by atoms with van der Waals surface area (Å²) in [4.78, 5) is 21.6. The predicted octanol–water partition coefficient (Wildman–Crippen LogP) is 0.900. The van der Waals surface area contributed by atoms with E-state index in [2.05, 4.69) is 0 Å². The zero-order valence-corrected chi connectivity index (χ0v) is 6.53. The van der Waals surface area contributed by atoms with Gasteiger partial charge >= 0.3 is 5.97 Å². The monoisotopic (exact) mass is 168 g/mol. The van der Waals surface area contributed by atoms with E-state index in [1.54, 1.807) is 6.92 Å². The number of hydrogen-bond donors (Lipinski definition) is 1. The van der Waals surface area contributed by atoms with Crippen LogP contribution < -0.4 is 5.43 Å². The molecule has 1 heterocycles. The number of hydrogen-bond acceptors (Lipinski definition) is 3. The van der Waals surface area contributed by atoms with E-state index < -0.39 is 5.97 Å². The summed E-state index contributed by atoms with van der Waals surface area (Å²) in [5.41, 5.74) is -0.0776. The van der Waals surface area contributed by atoms with Crippen LogP contribution in [0.2, 0.25) is 0 Å². The van der Waals surface area contributed by atoms with E-state index >= 15 is 0 Å². The highest BCUT2D eigenvalue weighted by molar-refractivity contribution is 5.85. The Morgan fingerprint density at radius 1 is 1.67 bits per heavy atom. The number of rotatable bonds is 2. The Bertz CT molecular complexity index is 350. The van der Waals surface area contributed by atoms with Crippen LogP contribution in [-0.2, 0) is 6.42 Å². The van der Waals surface area contributed by atoms with E-state index in [4.69, 9.17) is 9.52 Å². The summed E-state index contributed by atoms with van der Waals surface area (Å²) in [6.45, 7) is 1.71. The maximum atomic E-state index is 11.1. The van der Waals surface area contributed by atoms with Gasteiger partial charge < -0.3 is 9.52 Å². The largest absolute Gasteiger partial charge is 0.475 e. The molecule has 0 unspecified atom stereocenters. The topological polar surface area (TPSA) is 67.5 Å². The number of carboxylic acids is 1. The summed E-state index contributed by atoms with van der Waals surface area (Å²) in [5, 5.41) is 8.59. The summed E-state index contributed by atoms with van der Waals surface area (Å²) in [7, 11) is 0. The zero-order chi connectivity index (χ0) is 9.14. The van der Waals surface area contributed by atoms with Crippen molar-refractivity contribution in [3.8, 4) is 0 Å². The van der Waals surface area contributed by atoms with Gasteiger partial charge in [0.1, 0.15) is 0 Å². The van der Waals surface area contributed by atoms with Gasteiger partial charge in [-0.05, 0) is 6.42 Å². The van der Waals surface area contributed by atoms with Gasteiger partial charge in [0.05, 0.1) is 6.26 Å². The van der Waals surface area contributed by atoms with Crippen LogP contribution in [-0.4, -0.2) is 11.1 Å². The van der Waals surface area contributed by atoms with Gasteiger partial charge in [0.25, 0.3) is 0 Å². The van der Waals surface area contributed by atoms with Gasteiger partial charge in [0.15, 0.2) is 5.43 Å². The molecule has 4 heteroatoms. The lowest BCUT2D eigenvalue weighted by molar-refractivity contribution is 0.0657. The van der Waals surface area contributed by atoms with Crippen molar-refractivity contribution in [2.24, 2.45) is 0 Å². The second-order valence-corrected chi connectivity index (χ2v) is 2.25. The molecule has 1 aromatic heterocycles. The SMILES string of the molecule is CCc1c(C(=O)O)occc1=O. The van der Waals surface area contributed by atoms with Crippen LogP contribution in [0.3, 0.4) is 0 Å². The van der Waals surface area contributed by atoms with Crippen LogP contribution >= 0.6 is 0 Å². The minimum absolute atomic E-state index is 0.213. The van der Waals surface area contributed by atoms with E-state index in [-0.39, 0.29) is 16.8 Å². The lowest BCUT2D eigenvalue weighted by Crippen LogP contribution is -2.13. The molecule has 0 saturated heterocycles. The van der Waals surface area contributed by atoms with Crippen molar-refractivity contribution in [3.05, 3.63) is 33.9 Å². The van der Waals surface area contributed by atoms with Gasteiger partial charge in [0.2, 0.25) is 5.76 Å². The van der Waals surface area contributed by atoms with Gasteiger partial charge in [-0.25, -0.2) is 4.79 Å². The molecule has 0 atom stereocenters. The standard InChI is InChI=1S/C8H8O4/c1-2-5-6(9)3-4-12-7(5)8(10)11/h3-4H,2H2,1H3,(H,10,11). The highest BCUT2D eigenvalue weighted by atomic mass is 16.4. The molecule has 0 amide bonds. The molecule has 4 nitrogen and oxygen atoms in total. The van der Waals surface area contributed by atoms with E-state index in [0.717, 1.165) is 6.26 Å². The van der Waals surface area contributed by atoms with Crippen LogP contribution in [0.15, 0.2) is 21.5 Å². The fourth-order valence-electron chi connectivity index (χ4n) is 0.962. The first-order chi connectivity index (χ1) is 5.66. The van der Waals surface area contributed by atoms with Gasteiger partial charge in [-0.2, -0.15) is 0 Å². The average molecular weight is 168 g/mol. The maximum Gasteiger partial charge on any atom is 0.372 e. The molecule has 1 aromatic rings. The summed E-state index contributed by atoms with van der Waals surface area (Å²) in [6.07, 6.45) is 1.45. The third kappa shape index (κ3) is 1.37. The smallest absolute Gasteiger partial charge is 0.372 e. The molecule has 0 aromatic carbocycles. The van der Waals surface area contributed by atoms with Crippen LogP contribution in [0.1, 0.15) is 23.0 Å². The lowest BCUT2D eigenvalue weighted by atomic mass is 10.1. The fourth-order valence-corrected chi connectivity index (χ4v) is 0.962. The van der Waals surface area contributed by atoms with Crippen molar-refractivity contribution < 1.29 is 14.3 Å². The zero-order valence-electron chi connectivity index (χ0n) is 6.53. The minimum Gasteiger partial charge on any atom is -0.475 e. The summed E-state index contributed by atoms with van der Waals surface area (Å²) in [5.74, 6) is -1.46. The molecule has 1 rings (SSSR count). The van der Waals surface area contributed by atoms with Crippen molar-refractivity contribution >= 4 is 5.97 Å². The fraction of sp³-hybridized carbons (Fsp3) is 0.250. The van der Waals surface area contributed by atoms with E-state index in [1.165, 1.54) is 6.07 Å². The van der Waals surface area contributed by atoms with Gasteiger partial charge in [0, 0.05) is 11.6 Å². The highest BCUT2D eigenvalue weighted by Crippen LogP contribution is 2.03. The third-order valence-corrected chi connectivity index (χ3v) is 1.52. The molecule has 0 spiro atoms. The first-order valence-corrected chi connectivity index (χ1v) is 3.50. The molecule has 0 fully saturated rings. The van der Waals surface area contributed by atoms with E-state index in [9.17, 15) is 9.59 Å². The first kappa shape index (κ1) is 8.52. The molecule has 0 aliphatic rings.